The highest BCUT2D eigenvalue weighted by molar-refractivity contribution is 6.34. The van der Waals surface area contributed by atoms with E-state index in [1.54, 1.807) is 60.9 Å². The van der Waals surface area contributed by atoms with Crippen LogP contribution in [-0.4, -0.2) is 30.3 Å². The van der Waals surface area contributed by atoms with Crippen molar-refractivity contribution in [1.29, 1.82) is 0 Å². The quantitative estimate of drug-likeness (QED) is 0.326. The summed E-state index contributed by atoms with van der Waals surface area (Å²) in [6.45, 7) is 0.293. The number of rotatable bonds is 9. The van der Waals surface area contributed by atoms with E-state index < -0.39 is 0 Å². The Kier molecular flexibility index (Phi) is 8.62. The monoisotopic (exact) mass is 508 g/mol. The van der Waals surface area contributed by atoms with Gasteiger partial charge in [-0.3, -0.25) is 14.4 Å². The fraction of sp³-hybridized carbons (Fsp3) is 0.296. The van der Waals surface area contributed by atoms with Crippen molar-refractivity contribution in [2.45, 2.75) is 44.7 Å². The number of carbonyl (C=O) groups is 3. The standard InChI is InChI=1S/C27H29ClN4O4/c28-24-13-12-21(15-23(24)27(35)32-19-5-2-1-3-6-19)29-17-25(33)31-20-10-8-18(9-11-20)26(34)30-16-22-7-4-14-36-22/h4,7-15,19,29H,1-3,5-6,16-17H2,(H,30,34)(H,31,33)(H,32,35). The van der Waals surface area contributed by atoms with Gasteiger partial charge in [-0.05, 0) is 67.4 Å². The Bertz CT molecular complexity index is 1190. The second-order valence-electron chi connectivity index (χ2n) is 8.74. The predicted molar refractivity (Wildman–Crippen MR) is 139 cm³/mol. The first-order valence-corrected chi connectivity index (χ1v) is 12.4. The van der Waals surface area contributed by atoms with Gasteiger partial charge in [0.15, 0.2) is 0 Å². The van der Waals surface area contributed by atoms with Crippen LogP contribution in [0.4, 0.5) is 11.4 Å². The molecule has 4 rings (SSSR count). The second-order valence-corrected chi connectivity index (χ2v) is 9.15. The Hall–Kier alpha value is -3.78. The van der Waals surface area contributed by atoms with E-state index in [4.69, 9.17) is 16.0 Å². The number of halogens is 1. The third kappa shape index (κ3) is 7.11. The van der Waals surface area contributed by atoms with Crippen LogP contribution in [0.3, 0.4) is 0 Å². The maximum Gasteiger partial charge on any atom is 0.253 e. The van der Waals surface area contributed by atoms with Crippen LogP contribution < -0.4 is 21.3 Å². The van der Waals surface area contributed by atoms with Crippen LogP contribution in [0.5, 0.6) is 0 Å². The van der Waals surface area contributed by atoms with E-state index in [1.807, 2.05) is 0 Å². The van der Waals surface area contributed by atoms with Crippen molar-refractivity contribution in [3.8, 4) is 0 Å². The number of carbonyl (C=O) groups excluding carboxylic acids is 3. The molecular weight excluding hydrogens is 480 g/mol. The third-order valence-corrected chi connectivity index (χ3v) is 6.37. The van der Waals surface area contributed by atoms with E-state index >= 15 is 0 Å². The lowest BCUT2D eigenvalue weighted by Gasteiger charge is -2.23. The van der Waals surface area contributed by atoms with Crippen LogP contribution in [0.2, 0.25) is 5.02 Å². The average Bonchev–Trinajstić information content (AvgIpc) is 3.41. The number of furan rings is 1. The van der Waals surface area contributed by atoms with Crippen molar-refractivity contribution < 1.29 is 18.8 Å². The van der Waals surface area contributed by atoms with E-state index in [0.717, 1.165) is 25.7 Å². The number of anilines is 2. The van der Waals surface area contributed by atoms with Crippen molar-refractivity contribution >= 4 is 40.7 Å². The minimum Gasteiger partial charge on any atom is -0.467 e. The van der Waals surface area contributed by atoms with E-state index in [1.165, 1.54) is 6.42 Å². The molecule has 1 heterocycles. The minimum atomic E-state index is -0.270. The molecule has 0 saturated heterocycles. The summed E-state index contributed by atoms with van der Waals surface area (Å²) in [4.78, 5) is 37.4. The summed E-state index contributed by atoms with van der Waals surface area (Å²) in [5.41, 5.74) is 2.03. The number of nitrogens with one attached hydrogen (secondary N) is 4. The highest BCUT2D eigenvalue weighted by Gasteiger charge is 2.19. The van der Waals surface area contributed by atoms with Crippen LogP contribution in [0, 0.1) is 0 Å². The molecule has 1 aliphatic rings. The predicted octanol–water partition coefficient (Wildman–Crippen LogP) is 4.98. The molecule has 0 radical (unpaired) electrons. The van der Waals surface area contributed by atoms with Gasteiger partial charge in [-0.15, -0.1) is 0 Å². The van der Waals surface area contributed by atoms with Crippen LogP contribution >= 0.6 is 11.6 Å². The SMILES string of the molecule is O=C(CNc1ccc(Cl)c(C(=O)NC2CCCCC2)c1)Nc1ccc(C(=O)NCc2ccco2)cc1. The van der Waals surface area contributed by atoms with Gasteiger partial charge in [0.2, 0.25) is 5.91 Å². The van der Waals surface area contributed by atoms with Crippen LogP contribution in [0.1, 0.15) is 58.6 Å². The molecule has 1 saturated carbocycles. The molecule has 0 atom stereocenters. The van der Waals surface area contributed by atoms with Gasteiger partial charge in [-0.1, -0.05) is 30.9 Å². The fourth-order valence-electron chi connectivity index (χ4n) is 4.09. The van der Waals surface area contributed by atoms with Gasteiger partial charge < -0.3 is 25.7 Å². The molecule has 9 heteroatoms. The Labute approximate surface area is 214 Å². The summed E-state index contributed by atoms with van der Waals surface area (Å²) < 4.78 is 5.20. The van der Waals surface area contributed by atoms with E-state index in [0.29, 0.717) is 39.8 Å². The third-order valence-electron chi connectivity index (χ3n) is 6.04. The Morgan fingerprint density at radius 2 is 1.67 bits per heavy atom. The fourth-order valence-corrected chi connectivity index (χ4v) is 4.30. The van der Waals surface area contributed by atoms with Gasteiger partial charge in [0.25, 0.3) is 11.8 Å². The molecule has 1 aromatic heterocycles. The first-order chi connectivity index (χ1) is 17.5. The molecule has 1 fully saturated rings. The summed E-state index contributed by atoms with van der Waals surface area (Å²) in [6, 6.07) is 15.3. The number of benzene rings is 2. The molecule has 3 amide bonds. The summed E-state index contributed by atoms with van der Waals surface area (Å²) in [5.74, 6) is -0.0455. The van der Waals surface area contributed by atoms with Crippen molar-refractivity contribution in [2.24, 2.45) is 0 Å². The topological polar surface area (TPSA) is 112 Å². The molecule has 36 heavy (non-hydrogen) atoms. The molecule has 0 bridgehead atoms. The van der Waals surface area contributed by atoms with Gasteiger partial charge >= 0.3 is 0 Å². The number of amides is 3. The van der Waals surface area contributed by atoms with Crippen LogP contribution in [0.25, 0.3) is 0 Å². The van der Waals surface area contributed by atoms with E-state index in [9.17, 15) is 14.4 Å². The summed E-state index contributed by atoms with van der Waals surface area (Å²) in [5, 5.41) is 12.0. The second kappa shape index (κ2) is 12.3. The maximum atomic E-state index is 12.7. The number of hydrogen-bond acceptors (Lipinski definition) is 5. The normalized spacial score (nSPS) is 13.6. The van der Waals surface area contributed by atoms with Gasteiger partial charge in [0, 0.05) is 23.0 Å². The van der Waals surface area contributed by atoms with E-state index in [2.05, 4.69) is 21.3 Å². The summed E-state index contributed by atoms with van der Waals surface area (Å²) >= 11 is 6.26. The van der Waals surface area contributed by atoms with Gasteiger partial charge in [0.1, 0.15) is 5.76 Å². The molecule has 1 aliphatic carbocycles. The Morgan fingerprint density at radius 1 is 0.917 bits per heavy atom. The van der Waals surface area contributed by atoms with Crippen molar-refractivity contribution in [1.82, 2.24) is 10.6 Å². The first-order valence-electron chi connectivity index (χ1n) is 12.0. The number of hydrogen-bond donors (Lipinski definition) is 4. The van der Waals surface area contributed by atoms with Crippen LogP contribution in [0.15, 0.2) is 65.3 Å². The van der Waals surface area contributed by atoms with Crippen molar-refractivity contribution in [2.75, 3.05) is 17.2 Å². The van der Waals surface area contributed by atoms with Gasteiger partial charge in [0.05, 0.1) is 29.9 Å². The lowest BCUT2D eigenvalue weighted by molar-refractivity contribution is -0.114. The molecule has 0 aliphatic heterocycles. The molecule has 8 nitrogen and oxygen atoms in total. The summed E-state index contributed by atoms with van der Waals surface area (Å²) in [6.07, 6.45) is 6.97. The molecular formula is C27H29ClN4O4. The first kappa shape index (κ1) is 25.3. The van der Waals surface area contributed by atoms with Crippen molar-refractivity contribution in [3.63, 3.8) is 0 Å². The maximum absolute atomic E-state index is 12.7. The van der Waals surface area contributed by atoms with Crippen molar-refractivity contribution in [3.05, 3.63) is 82.8 Å². The largest absolute Gasteiger partial charge is 0.467 e. The Morgan fingerprint density at radius 3 is 2.39 bits per heavy atom. The van der Waals surface area contributed by atoms with E-state index in [-0.39, 0.29) is 30.3 Å². The lowest BCUT2D eigenvalue weighted by Crippen LogP contribution is -2.36. The molecule has 0 spiro atoms. The Balaban J connectivity index is 1.26. The zero-order valence-electron chi connectivity index (χ0n) is 19.8. The molecule has 188 valence electrons. The van der Waals surface area contributed by atoms with Crippen LogP contribution in [-0.2, 0) is 11.3 Å². The molecule has 2 aromatic carbocycles. The zero-order chi connectivity index (χ0) is 25.3. The average molecular weight is 509 g/mol. The highest BCUT2D eigenvalue weighted by atomic mass is 35.5. The van der Waals surface area contributed by atoms with Gasteiger partial charge in [-0.2, -0.15) is 0 Å². The van der Waals surface area contributed by atoms with Gasteiger partial charge in [-0.25, -0.2) is 0 Å². The molecule has 0 unspecified atom stereocenters. The smallest absolute Gasteiger partial charge is 0.253 e. The molecule has 3 aromatic rings. The zero-order valence-corrected chi connectivity index (χ0v) is 20.6. The molecule has 4 N–H and O–H groups in total. The lowest BCUT2D eigenvalue weighted by atomic mass is 9.95. The minimum absolute atomic E-state index is 0.00327. The summed E-state index contributed by atoms with van der Waals surface area (Å²) in [7, 11) is 0. The highest BCUT2D eigenvalue weighted by Crippen LogP contribution is 2.23.